The normalized spacial score (nSPS) is 32.7. The lowest BCUT2D eigenvalue weighted by atomic mass is 9.95. The monoisotopic (exact) mass is 289 g/mol. The molecule has 0 amide bonds. The van der Waals surface area contributed by atoms with Crippen LogP contribution in [0.25, 0.3) is 0 Å². The number of nitrogens with zero attached hydrogens (tertiary/aromatic N) is 1. The summed E-state index contributed by atoms with van der Waals surface area (Å²) in [5.74, 6) is 0. The Morgan fingerprint density at radius 3 is 2.16 bits per heavy atom. The van der Waals surface area contributed by atoms with E-state index in [4.69, 9.17) is 0 Å². The molecule has 6 heteroatoms. The first-order chi connectivity index (χ1) is 8.70. The highest BCUT2D eigenvalue weighted by Gasteiger charge is 2.42. The molecule has 2 saturated heterocycles. The second-order valence-electron chi connectivity index (χ2n) is 6.77. The summed E-state index contributed by atoms with van der Waals surface area (Å²) in [5.41, 5.74) is -0.402. The maximum atomic E-state index is 11.4. The molecule has 2 aliphatic rings. The second-order valence-corrected chi connectivity index (χ2v) is 8.52. The first kappa shape index (κ1) is 15.2. The standard InChI is InChI=1S/C13H27N3O2S/c1-13(2,15-19(4,17)18)9-16-11-5-6-12(16)8-10(7-11)14-3/h10-12,14-15H,5-9H2,1-4H3. The summed E-state index contributed by atoms with van der Waals surface area (Å²) < 4.78 is 25.6. The molecule has 5 nitrogen and oxygen atoms in total. The quantitative estimate of drug-likeness (QED) is 0.775. The topological polar surface area (TPSA) is 61.4 Å². The molecule has 2 atom stereocenters. The zero-order valence-corrected chi connectivity index (χ0v) is 13.3. The van der Waals surface area contributed by atoms with E-state index < -0.39 is 15.6 Å². The molecule has 0 spiro atoms. The number of nitrogens with one attached hydrogen (secondary N) is 2. The fraction of sp³-hybridized carbons (Fsp3) is 1.00. The summed E-state index contributed by atoms with van der Waals surface area (Å²) in [7, 11) is -1.11. The highest BCUT2D eigenvalue weighted by atomic mass is 32.2. The molecule has 112 valence electrons. The van der Waals surface area contributed by atoms with E-state index in [0.29, 0.717) is 18.1 Å². The van der Waals surface area contributed by atoms with Gasteiger partial charge < -0.3 is 5.32 Å². The fourth-order valence-electron chi connectivity index (χ4n) is 3.76. The maximum Gasteiger partial charge on any atom is 0.209 e. The molecule has 0 aromatic rings. The van der Waals surface area contributed by atoms with Crippen molar-refractivity contribution < 1.29 is 8.42 Å². The summed E-state index contributed by atoms with van der Waals surface area (Å²) >= 11 is 0. The van der Waals surface area contributed by atoms with Crippen molar-refractivity contribution in [3.05, 3.63) is 0 Å². The van der Waals surface area contributed by atoms with E-state index in [1.165, 1.54) is 31.9 Å². The van der Waals surface area contributed by atoms with Crippen LogP contribution in [0.3, 0.4) is 0 Å². The Hall–Kier alpha value is -0.170. The Morgan fingerprint density at radius 2 is 1.74 bits per heavy atom. The van der Waals surface area contributed by atoms with Crippen molar-refractivity contribution in [3.8, 4) is 0 Å². The molecule has 0 aliphatic carbocycles. The highest BCUT2D eigenvalue weighted by molar-refractivity contribution is 7.88. The SMILES string of the molecule is CNC1CC2CCC(C1)N2CC(C)(C)NS(C)(=O)=O. The first-order valence-corrected chi connectivity index (χ1v) is 9.01. The highest BCUT2D eigenvalue weighted by Crippen LogP contribution is 2.36. The van der Waals surface area contributed by atoms with Gasteiger partial charge in [-0.25, -0.2) is 13.1 Å². The third-order valence-corrected chi connectivity index (χ3v) is 5.26. The predicted octanol–water partition coefficient (Wildman–Crippen LogP) is 0.529. The lowest BCUT2D eigenvalue weighted by Gasteiger charge is -2.42. The van der Waals surface area contributed by atoms with Gasteiger partial charge in [-0.05, 0) is 46.6 Å². The van der Waals surface area contributed by atoms with Crippen LogP contribution in [0.5, 0.6) is 0 Å². The third-order valence-electron chi connectivity index (χ3n) is 4.33. The van der Waals surface area contributed by atoms with Gasteiger partial charge in [0.25, 0.3) is 0 Å². The minimum Gasteiger partial charge on any atom is -0.317 e. The molecular weight excluding hydrogens is 262 g/mol. The number of piperidine rings is 1. The molecule has 2 N–H and O–H groups in total. The largest absolute Gasteiger partial charge is 0.317 e. The van der Waals surface area contributed by atoms with Crippen molar-refractivity contribution in [2.45, 2.75) is 63.2 Å². The fourth-order valence-corrected chi connectivity index (χ4v) is 4.83. The van der Waals surface area contributed by atoms with Crippen molar-refractivity contribution in [2.24, 2.45) is 0 Å². The van der Waals surface area contributed by atoms with E-state index >= 15 is 0 Å². The molecule has 0 saturated carbocycles. The number of rotatable bonds is 5. The van der Waals surface area contributed by atoms with E-state index in [0.717, 1.165) is 6.54 Å². The van der Waals surface area contributed by atoms with Crippen LogP contribution in [0, 0.1) is 0 Å². The van der Waals surface area contributed by atoms with Gasteiger partial charge in [0.2, 0.25) is 10.0 Å². The van der Waals surface area contributed by atoms with Crippen LogP contribution >= 0.6 is 0 Å². The lowest BCUT2D eigenvalue weighted by molar-refractivity contribution is 0.0943. The minimum absolute atomic E-state index is 0.402. The third kappa shape index (κ3) is 3.90. The van der Waals surface area contributed by atoms with Crippen LogP contribution in [0.4, 0.5) is 0 Å². The van der Waals surface area contributed by atoms with E-state index in [9.17, 15) is 8.42 Å². The van der Waals surface area contributed by atoms with E-state index in [1.54, 1.807) is 0 Å². The Morgan fingerprint density at radius 1 is 1.21 bits per heavy atom. The minimum atomic E-state index is -3.15. The van der Waals surface area contributed by atoms with Gasteiger partial charge in [-0.3, -0.25) is 4.90 Å². The van der Waals surface area contributed by atoms with E-state index in [-0.39, 0.29) is 0 Å². The number of sulfonamides is 1. The average Bonchev–Trinajstić information content (AvgIpc) is 2.48. The Labute approximate surface area is 117 Å². The summed E-state index contributed by atoms with van der Waals surface area (Å²) in [6, 6.07) is 1.84. The van der Waals surface area contributed by atoms with Crippen LogP contribution in [0.2, 0.25) is 0 Å². The van der Waals surface area contributed by atoms with Gasteiger partial charge in [0.1, 0.15) is 0 Å². The maximum absolute atomic E-state index is 11.4. The van der Waals surface area contributed by atoms with Gasteiger partial charge in [0.05, 0.1) is 6.26 Å². The van der Waals surface area contributed by atoms with Crippen molar-refractivity contribution in [2.75, 3.05) is 19.8 Å². The van der Waals surface area contributed by atoms with Crippen molar-refractivity contribution in [3.63, 3.8) is 0 Å². The van der Waals surface area contributed by atoms with Crippen LogP contribution in [0.15, 0.2) is 0 Å². The van der Waals surface area contributed by atoms with Crippen molar-refractivity contribution in [1.29, 1.82) is 0 Å². The van der Waals surface area contributed by atoms with Crippen molar-refractivity contribution >= 4 is 10.0 Å². The molecule has 19 heavy (non-hydrogen) atoms. The number of hydrogen-bond acceptors (Lipinski definition) is 4. The molecule has 0 radical (unpaired) electrons. The molecule has 2 bridgehead atoms. The smallest absolute Gasteiger partial charge is 0.209 e. The molecule has 2 aliphatic heterocycles. The van der Waals surface area contributed by atoms with E-state index in [2.05, 4.69) is 14.9 Å². The van der Waals surface area contributed by atoms with Gasteiger partial charge in [-0.2, -0.15) is 0 Å². The van der Waals surface area contributed by atoms with Crippen LogP contribution in [-0.2, 0) is 10.0 Å². The second kappa shape index (κ2) is 5.31. The molecule has 2 heterocycles. The predicted molar refractivity (Wildman–Crippen MR) is 77.7 cm³/mol. The molecule has 0 aromatic heterocycles. The number of fused-ring (bicyclic) bond motifs is 2. The van der Waals surface area contributed by atoms with Crippen LogP contribution < -0.4 is 10.0 Å². The van der Waals surface area contributed by atoms with Gasteiger partial charge in [-0.15, -0.1) is 0 Å². The molecule has 0 aromatic carbocycles. The first-order valence-electron chi connectivity index (χ1n) is 7.12. The van der Waals surface area contributed by atoms with Crippen LogP contribution in [-0.4, -0.2) is 56.8 Å². The molecular formula is C13H27N3O2S. The van der Waals surface area contributed by atoms with Crippen molar-refractivity contribution in [1.82, 2.24) is 14.9 Å². The summed E-state index contributed by atoms with van der Waals surface area (Å²) in [6.45, 7) is 4.74. The summed E-state index contributed by atoms with van der Waals surface area (Å²) in [5, 5.41) is 3.39. The van der Waals surface area contributed by atoms with Gasteiger partial charge in [0, 0.05) is 30.2 Å². The summed E-state index contributed by atoms with van der Waals surface area (Å²) in [6.07, 6.45) is 6.09. The van der Waals surface area contributed by atoms with Gasteiger partial charge in [0.15, 0.2) is 0 Å². The van der Waals surface area contributed by atoms with E-state index in [1.807, 2.05) is 20.9 Å². The van der Waals surface area contributed by atoms with Gasteiger partial charge in [-0.1, -0.05) is 0 Å². The molecule has 2 rings (SSSR count). The lowest BCUT2D eigenvalue weighted by Crippen LogP contribution is -2.57. The van der Waals surface area contributed by atoms with Gasteiger partial charge >= 0.3 is 0 Å². The average molecular weight is 289 g/mol. The zero-order chi connectivity index (χ0) is 14.3. The molecule has 2 fully saturated rings. The number of hydrogen-bond donors (Lipinski definition) is 2. The Balaban J connectivity index is 2.00. The summed E-state index contributed by atoms with van der Waals surface area (Å²) in [4.78, 5) is 2.52. The molecule has 2 unspecified atom stereocenters. The van der Waals surface area contributed by atoms with Crippen LogP contribution in [0.1, 0.15) is 39.5 Å². The Bertz CT molecular complexity index is 408. The Kier molecular flexibility index (Phi) is 4.26. The zero-order valence-electron chi connectivity index (χ0n) is 12.4.